The molecule has 0 aromatic carbocycles. The monoisotopic (exact) mass is 366 g/mol. The number of unbranched alkanes of at least 4 members (excludes halogenated alkanes) is 10. The van der Waals surface area contributed by atoms with Crippen molar-refractivity contribution in [3.63, 3.8) is 0 Å². The molecule has 0 aliphatic heterocycles. The van der Waals surface area contributed by atoms with Crippen molar-refractivity contribution in [1.29, 1.82) is 0 Å². The third-order valence-corrected chi connectivity index (χ3v) is 6.46. The predicted octanol–water partition coefficient (Wildman–Crippen LogP) is 8.14. The fraction of sp³-hybridized carbons (Fsp3) is 0.958. The fourth-order valence-corrected chi connectivity index (χ4v) is 4.80. The minimum Gasteiger partial charge on any atom is -0.481 e. The van der Waals surface area contributed by atoms with Crippen molar-refractivity contribution < 1.29 is 9.90 Å². The molecule has 2 heteroatoms. The van der Waals surface area contributed by atoms with Crippen LogP contribution in [-0.2, 0) is 4.79 Å². The molecule has 26 heavy (non-hydrogen) atoms. The molecule has 0 radical (unpaired) electrons. The summed E-state index contributed by atoms with van der Waals surface area (Å²) in [7, 11) is 0. The van der Waals surface area contributed by atoms with Gasteiger partial charge in [-0.3, -0.25) is 4.79 Å². The van der Waals surface area contributed by atoms with E-state index >= 15 is 0 Å². The van der Waals surface area contributed by atoms with Gasteiger partial charge in [-0.25, -0.2) is 0 Å². The Morgan fingerprint density at radius 2 is 1.27 bits per heavy atom. The number of carbonyl (C=O) groups is 1. The quantitative estimate of drug-likeness (QED) is 0.264. The van der Waals surface area contributed by atoms with Crippen LogP contribution in [0, 0.1) is 11.8 Å². The van der Waals surface area contributed by atoms with Crippen LogP contribution in [0.15, 0.2) is 0 Å². The van der Waals surface area contributed by atoms with E-state index in [1.54, 1.807) is 0 Å². The standard InChI is InChI=1S/C24H46O2/c1-2-3-4-5-6-8-12-17-22(23-19-14-11-15-20-23)18-13-9-7-10-16-21-24(25)26/h22-23H,2-21H2,1H3,(H,25,26). The third kappa shape index (κ3) is 12.8. The summed E-state index contributed by atoms with van der Waals surface area (Å²) < 4.78 is 0. The molecule has 0 amide bonds. The Labute approximate surface area is 163 Å². The van der Waals surface area contributed by atoms with Gasteiger partial charge >= 0.3 is 5.97 Å². The first-order valence-corrected chi connectivity index (χ1v) is 12.0. The van der Waals surface area contributed by atoms with E-state index in [9.17, 15) is 4.79 Å². The maximum Gasteiger partial charge on any atom is 0.303 e. The van der Waals surface area contributed by atoms with E-state index in [0.29, 0.717) is 6.42 Å². The molecule has 1 unspecified atom stereocenters. The third-order valence-electron chi connectivity index (χ3n) is 6.46. The van der Waals surface area contributed by atoms with Crippen molar-refractivity contribution in [3.05, 3.63) is 0 Å². The lowest BCUT2D eigenvalue weighted by Gasteiger charge is -2.30. The lowest BCUT2D eigenvalue weighted by Crippen LogP contribution is -2.18. The first-order valence-electron chi connectivity index (χ1n) is 12.0. The average molecular weight is 367 g/mol. The zero-order chi connectivity index (χ0) is 18.9. The van der Waals surface area contributed by atoms with Crippen LogP contribution in [0.3, 0.4) is 0 Å². The molecule has 0 bridgehead atoms. The minimum absolute atomic E-state index is 0.350. The van der Waals surface area contributed by atoms with Crippen LogP contribution in [0.5, 0.6) is 0 Å². The lowest BCUT2D eigenvalue weighted by atomic mass is 9.75. The predicted molar refractivity (Wildman–Crippen MR) is 113 cm³/mol. The topological polar surface area (TPSA) is 37.3 Å². The van der Waals surface area contributed by atoms with Crippen LogP contribution in [0.1, 0.15) is 135 Å². The van der Waals surface area contributed by atoms with Crippen molar-refractivity contribution in [3.8, 4) is 0 Å². The molecule has 0 aromatic rings. The molecule has 0 aromatic heterocycles. The molecular weight excluding hydrogens is 320 g/mol. The van der Waals surface area contributed by atoms with Crippen molar-refractivity contribution >= 4 is 5.97 Å². The summed E-state index contributed by atoms with van der Waals surface area (Å²) in [6.45, 7) is 2.29. The SMILES string of the molecule is CCCCCCCCCC(CCCCCCCC(=O)O)C1CCCCC1. The Morgan fingerprint density at radius 3 is 1.81 bits per heavy atom. The summed E-state index contributed by atoms with van der Waals surface area (Å²) in [5, 5.41) is 8.70. The summed E-state index contributed by atoms with van der Waals surface area (Å²) in [5.41, 5.74) is 0. The molecule has 2 nitrogen and oxygen atoms in total. The number of carboxylic acids is 1. The maximum absolute atomic E-state index is 10.6. The van der Waals surface area contributed by atoms with Gasteiger partial charge in [0.05, 0.1) is 0 Å². The van der Waals surface area contributed by atoms with Crippen LogP contribution in [-0.4, -0.2) is 11.1 Å². The van der Waals surface area contributed by atoms with Crippen LogP contribution >= 0.6 is 0 Å². The molecule has 1 saturated carbocycles. The lowest BCUT2D eigenvalue weighted by molar-refractivity contribution is -0.137. The minimum atomic E-state index is -0.642. The van der Waals surface area contributed by atoms with Crippen molar-refractivity contribution in [2.45, 2.75) is 135 Å². The second-order valence-corrected chi connectivity index (χ2v) is 8.77. The molecule has 1 aliphatic rings. The van der Waals surface area contributed by atoms with Crippen molar-refractivity contribution in [2.24, 2.45) is 11.8 Å². The highest BCUT2D eigenvalue weighted by Crippen LogP contribution is 2.36. The van der Waals surface area contributed by atoms with E-state index in [4.69, 9.17) is 5.11 Å². The highest BCUT2D eigenvalue weighted by Gasteiger charge is 2.22. The highest BCUT2D eigenvalue weighted by atomic mass is 16.4. The van der Waals surface area contributed by atoms with E-state index in [2.05, 4.69) is 6.92 Å². The largest absolute Gasteiger partial charge is 0.481 e. The van der Waals surface area contributed by atoms with Gasteiger partial charge in [-0.1, -0.05) is 122 Å². The van der Waals surface area contributed by atoms with E-state index in [1.807, 2.05) is 0 Å². The van der Waals surface area contributed by atoms with Gasteiger partial charge in [0.1, 0.15) is 0 Å². The Balaban J connectivity index is 2.14. The van der Waals surface area contributed by atoms with Gasteiger partial charge in [-0.15, -0.1) is 0 Å². The van der Waals surface area contributed by atoms with Crippen LogP contribution in [0.2, 0.25) is 0 Å². The van der Waals surface area contributed by atoms with Crippen LogP contribution in [0.4, 0.5) is 0 Å². The number of hydrogen-bond donors (Lipinski definition) is 1. The summed E-state index contributed by atoms with van der Waals surface area (Å²) in [6, 6.07) is 0. The molecule has 1 fully saturated rings. The van der Waals surface area contributed by atoms with Gasteiger partial charge in [0.15, 0.2) is 0 Å². The smallest absolute Gasteiger partial charge is 0.303 e. The maximum atomic E-state index is 10.6. The number of hydrogen-bond acceptors (Lipinski definition) is 1. The molecular formula is C24H46O2. The Bertz CT molecular complexity index is 320. The molecule has 1 rings (SSSR count). The normalized spacial score (nSPS) is 16.7. The highest BCUT2D eigenvalue weighted by molar-refractivity contribution is 5.66. The van der Waals surface area contributed by atoms with E-state index in [-0.39, 0.29) is 0 Å². The van der Waals surface area contributed by atoms with Crippen LogP contribution in [0.25, 0.3) is 0 Å². The Hall–Kier alpha value is -0.530. The molecule has 1 atom stereocenters. The Morgan fingerprint density at radius 1 is 0.769 bits per heavy atom. The zero-order valence-corrected chi connectivity index (χ0v) is 17.7. The van der Waals surface area contributed by atoms with E-state index < -0.39 is 5.97 Å². The first kappa shape index (κ1) is 23.5. The second kappa shape index (κ2) is 16.6. The fourth-order valence-electron chi connectivity index (χ4n) is 4.80. The van der Waals surface area contributed by atoms with Crippen molar-refractivity contribution in [2.75, 3.05) is 0 Å². The van der Waals surface area contributed by atoms with Crippen LogP contribution < -0.4 is 0 Å². The molecule has 0 heterocycles. The number of rotatable bonds is 17. The second-order valence-electron chi connectivity index (χ2n) is 8.77. The van der Waals surface area contributed by atoms with Gasteiger partial charge in [0.25, 0.3) is 0 Å². The molecule has 0 spiro atoms. The van der Waals surface area contributed by atoms with Gasteiger partial charge < -0.3 is 5.11 Å². The van der Waals surface area contributed by atoms with Crippen molar-refractivity contribution in [1.82, 2.24) is 0 Å². The summed E-state index contributed by atoms with van der Waals surface area (Å²) in [4.78, 5) is 10.6. The average Bonchev–Trinajstić information content (AvgIpc) is 2.65. The molecule has 1 N–H and O–H groups in total. The summed E-state index contributed by atoms with van der Waals surface area (Å²) in [6.07, 6.45) is 26.4. The molecule has 154 valence electrons. The Kier molecular flexibility index (Phi) is 15.0. The van der Waals surface area contributed by atoms with Gasteiger partial charge in [0, 0.05) is 6.42 Å². The molecule has 0 saturated heterocycles. The van der Waals surface area contributed by atoms with E-state index in [1.165, 1.54) is 109 Å². The van der Waals surface area contributed by atoms with Gasteiger partial charge in [-0.2, -0.15) is 0 Å². The summed E-state index contributed by atoms with van der Waals surface area (Å²) in [5.74, 6) is 1.35. The first-order chi connectivity index (χ1) is 12.7. The van der Waals surface area contributed by atoms with E-state index in [0.717, 1.165) is 24.7 Å². The number of aliphatic carboxylic acids is 1. The summed E-state index contributed by atoms with van der Waals surface area (Å²) >= 11 is 0. The van der Waals surface area contributed by atoms with Gasteiger partial charge in [-0.05, 0) is 18.3 Å². The van der Waals surface area contributed by atoms with Gasteiger partial charge in [0.2, 0.25) is 0 Å². The number of carboxylic acid groups (broad SMARTS) is 1. The molecule has 1 aliphatic carbocycles. The zero-order valence-electron chi connectivity index (χ0n) is 17.7.